The normalized spacial score (nSPS) is 26.9. The fourth-order valence-corrected chi connectivity index (χ4v) is 3.94. The van der Waals surface area contributed by atoms with E-state index in [0.717, 1.165) is 11.3 Å². The van der Waals surface area contributed by atoms with E-state index in [9.17, 15) is 9.59 Å². The minimum atomic E-state index is -0.540. The van der Waals surface area contributed by atoms with E-state index in [1.807, 2.05) is 49.9 Å². The molecular formula is C20H26N2O4. The van der Waals surface area contributed by atoms with Gasteiger partial charge in [0.15, 0.2) is 5.79 Å². The summed E-state index contributed by atoms with van der Waals surface area (Å²) in [5.74, 6) is -0.706. The molecule has 140 valence electrons. The number of anilines is 1. The van der Waals surface area contributed by atoms with E-state index < -0.39 is 5.79 Å². The molecular weight excluding hydrogens is 332 g/mol. The summed E-state index contributed by atoms with van der Waals surface area (Å²) >= 11 is 0. The van der Waals surface area contributed by atoms with Gasteiger partial charge in [-0.1, -0.05) is 17.7 Å². The van der Waals surface area contributed by atoms with E-state index in [0.29, 0.717) is 32.8 Å². The van der Waals surface area contributed by atoms with Gasteiger partial charge in [-0.15, -0.1) is 0 Å². The van der Waals surface area contributed by atoms with Gasteiger partial charge in [0.2, 0.25) is 11.8 Å². The fourth-order valence-electron chi connectivity index (χ4n) is 3.94. The molecule has 3 aliphatic rings. The van der Waals surface area contributed by atoms with Crippen LogP contribution in [0.25, 0.3) is 0 Å². The average Bonchev–Trinajstić information content (AvgIpc) is 2.95. The van der Waals surface area contributed by atoms with E-state index >= 15 is 0 Å². The summed E-state index contributed by atoms with van der Waals surface area (Å²) < 4.78 is 11.5. The second-order valence-corrected chi connectivity index (χ2v) is 8.41. The first-order chi connectivity index (χ1) is 12.3. The zero-order valence-electron chi connectivity index (χ0n) is 15.7. The molecule has 1 aromatic rings. The van der Waals surface area contributed by atoms with Crippen LogP contribution in [-0.4, -0.2) is 55.3 Å². The van der Waals surface area contributed by atoms with Crippen molar-refractivity contribution in [3.63, 3.8) is 0 Å². The smallest absolute Gasteiger partial charge is 0.228 e. The molecule has 3 fully saturated rings. The lowest BCUT2D eigenvalue weighted by Crippen LogP contribution is -2.66. The number of likely N-dealkylation sites (tertiary alicyclic amines) is 1. The van der Waals surface area contributed by atoms with Gasteiger partial charge in [-0.3, -0.25) is 9.59 Å². The SMILES string of the molecule is Cc1ccc(N2CC(C(=O)N3CC4(COC(C)(C)OC4)C3)CC2=O)cc1. The summed E-state index contributed by atoms with van der Waals surface area (Å²) in [6.45, 7) is 8.82. The van der Waals surface area contributed by atoms with E-state index in [1.54, 1.807) is 4.90 Å². The van der Waals surface area contributed by atoms with Crippen LogP contribution in [0.5, 0.6) is 0 Å². The van der Waals surface area contributed by atoms with Gasteiger partial charge in [0.25, 0.3) is 0 Å². The molecule has 0 N–H and O–H groups in total. The van der Waals surface area contributed by atoms with Crippen molar-refractivity contribution in [3.05, 3.63) is 29.8 Å². The summed E-state index contributed by atoms with van der Waals surface area (Å²) in [6.07, 6.45) is 0.288. The second-order valence-electron chi connectivity index (χ2n) is 8.41. The van der Waals surface area contributed by atoms with Gasteiger partial charge in [-0.25, -0.2) is 0 Å². The van der Waals surface area contributed by atoms with Gasteiger partial charge in [0.1, 0.15) is 0 Å². The fraction of sp³-hybridized carbons (Fsp3) is 0.600. The Morgan fingerprint density at radius 1 is 1.12 bits per heavy atom. The van der Waals surface area contributed by atoms with E-state index in [4.69, 9.17) is 9.47 Å². The Kier molecular flexibility index (Phi) is 4.08. The predicted octanol–water partition coefficient (Wildman–Crippen LogP) is 1.96. The Morgan fingerprint density at radius 2 is 1.73 bits per heavy atom. The highest BCUT2D eigenvalue weighted by molar-refractivity contribution is 6.00. The minimum absolute atomic E-state index is 0.0218. The first kappa shape index (κ1) is 17.5. The van der Waals surface area contributed by atoms with Crippen molar-refractivity contribution in [1.82, 2.24) is 4.90 Å². The molecule has 6 heteroatoms. The Balaban J connectivity index is 1.35. The molecule has 0 saturated carbocycles. The third-order valence-corrected chi connectivity index (χ3v) is 5.64. The van der Waals surface area contributed by atoms with Gasteiger partial charge in [-0.05, 0) is 32.9 Å². The van der Waals surface area contributed by atoms with Crippen molar-refractivity contribution >= 4 is 17.5 Å². The number of amides is 2. The van der Waals surface area contributed by atoms with Gasteiger partial charge >= 0.3 is 0 Å². The van der Waals surface area contributed by atoms with Crippen LogP contribution in [0, 0.1) is 18.3 Å². The maximum atomic E-state index is 12.8. The van der Waals surface area contributed by atoms with Crippen molar-refractivity contribution in [2.45, 2.75) is 33.0 Å². The minimum Gasteiger partial charge on any atom is -0.350 e. The van der Waals surface area contributed by atoms with Crippen molar-refractivity contribution in [2.24, 2.45) is 11.3 Å². The highest BCUT2D eigenvalue weighted by Crippen LogP contribution is 2.39. The van der Waals surface area contributed by atoms with Crippen molar-refractivity contribution in [2.75, 3.05) is 37.7 Å². The van der Waals surface area contributed by atoms with Gasteiger partial charge < -0.3 is 19.3 Å². The van der Waals surface area contributed by atoms with Crippen LogP contribution in [0.1, 0.15) is 25.8 Å². The number of nitrogens with zero attached hydrogens (tertiary/aromatic N) is 2. The Labute approximate surface area is 154 Å². The molecule has 0 aliphatic carbocycles. The average molecular weight is 358 g/mol. The third kappa shape index (κ3) is 3.12. The highest BCUT2D eigenvalue weighted by atomic mass is 16.7. The van der Waals surface area contributed by atoms with E-state index in [2.05, 4.69) is 0 Å². The van der Waals surface area contributed by atoms with Crippen LogP contribution in [0.4, 0.5) is 5.69 Å². The Bertz CT molecular complexity index is 710. The molecule has 1 atom stereocenters. The molecule has 1 unspecified atom stereocenters. The van der Waals surface area contributed by atoms with Gasteiger partial charge in [-0.2, -0.15) is 0 Å². The van der Waals surface area contributed by atoms with Crippen LogP contribution < -0.4 is 4.90 Å². The molecule has 0 radical (unpaired) electrons. The first-order valence-corrected chi connectivity index (χ1v) is 9.21. The number of carbonyl (C=O) groups excluding carboxylic acids is 2. The summed E-state index contributed by atoms with van der Waals surface area (Å²) in [5, 5.41) is 0. The Hall–Kier alpha value is -1.92. The molecule has 2 amide bonds. The Morgan fingerprint density at radius 3 is 2.35 bits per heavy atom. The standard InChI is InChI=1S/C20H26N2O4/c1-14-4-6-16(7-5-14)22-9-15(8-17(22)23)18(24)21-10-20(11-21)12-25-19(2,3)26-13-20/h4-7,15H,8-13H2,1-3H3. The maximum absolute atomic E-state index is 12.8. The molecule has 3 saturated heterocycles. The molecule has 1 spiro atoms. The largest absolute Gasteiger partial charge is 0.350 e. The lowest BCUT2D eigenvalue weighted by atomic mass is 9.79. The summed E-state index contributed by atoms with van der Waals surface area (Å²) in [5.41, 5.74) is 1.94. The van der Waals surface area contributed by atoms with Crippen molar-refractivity contribution in [3.8, 4) is 0 Å². The summed E-state index contributed by atoms with van der Waals surface area (Å²) in [7, 11) is 0. The molecule has 6 nitrogen and oxygen atoms in total. The van der Waals surface area contributed by atoms with Crippen LogP contribution in [0.3, 0.4) is 0 Å². The number of hydrogen-bond donors (Lipinski definition) is 0. The monoisotopic (exact) mass is 358 g/mol. The van der Waals surface area contributed by atoms with Gasteiger partial charge in [0, 0.05) is 31.7 Å². The number of aryl methyl sites for hydroxylation is 1. The van der Waals surface area contributed by atoms with Crippen LogP contribution in [0.15, 0.2) is 24.3 Å². The molecule has 0 bridgehead atoms. The van der Waals surface area contributed by atoms with E-state index in [-0.39, 0.29) is 29.6 Å². The lowest BCUT2D eigenvalue weighted by Gasteiger charge is -2.54. The first-order valence-electron chi connectivity index (χ1n) is 9.21. The number of benzene rings is 1. The van der Waals surface area contributed by atoms with E-state index in [1.165, 1.54) is 0 Å². The van der Waals surface area contributed by atoms with Gasteiger partial charge in [0.05, 0.1) is 24.5 Å². The molecule has 26 heavy (non-hydrogen) atoms. The zero-order valence-corrected chi connectivity index (χ0v) is 15.7. The van der Waals surface area contributed by atoms with Crippen molar-refractivity contribution in [1.29, 1.82) is 0 Å². The number of rotatable bonds is 2. The molecule has 0 aromatic heterocycles. The van der Waals surface area contributed by atoms with Crippen LogP contribution >= 0.6 is 0 Å². The molecule has 1 aromatic carbocycles. The molecule has 3 aliphatic heterocycles. The maximum Gasteiger partial charge on any atom is 0.228 e. The summed E-state index contributed by atoms with van der Waals surface area (Å²) in [4.78, 5) is 28.8. The number of ether oxygens (including phenoxy) is 2. The predicted molar refractivity (Wildman–Crippen MR) is 96.6 cm³/mol. The van der Waals surface area contributed by atoms with Crippen molar-refractivity contribution < 1.29 is 19.1 Å². The number of carbonyl (C=O) groups is 2. The number of hydrogen-bond acceptors (Lipinski definition) is 4. The summed E-state index contributed by atoms with van der Waals surface area (Å²) in [6, 6.07) is 7.86. The van der Waals surface area contributed by atoms with Crippen LogP contribution in [0.2, 0.25) is 0 Å². The van der Waals surface area contributed by atoms with Crippen LogP contribution in [-0.2, 0) is 19.1 Å². The third-order valence-electron chi connectivity index (χ3n) is 5.64. The zero-order chi connectivity index (χ0) is 18.5. The highest BCUT2D eigenvalue weighted by Gasteiger charge is 2.51. The quantitative estimate of drug-likeness (QED) is 0.811. The molecule has 4 rings (SSSR count). The lowest BCUT2D eigenvalue weighted by molar-refractivity contribution is -0.303. The topological polar surface area (TPSA) is 59.1 Å². The molecule has 3 heterocycles. The second kappa shape index (κ2) is 6.06.